The summed E-state index contributed by atoms with van der Waals surface area (Å²) < 4.78 is 21.7. The first-order valence-electron chi connectivity index (χ1n) is 10.3. The Morgan fingerprint density at radius 3 is 2.55 bits per heavy atom. The summed E-state index contributed by atoms with van der Waals surface area (Å²) in [6.45, 7) is 4.57. The SMILES string of the molecule is CCC[C@H]1C[C@H](C(=O)N[C@@H]([C@H]2O[C@H](SC)C(OP(=O)(O)O)C(O)[C@H]2O)[C@H](C)Cl)N(C)C1. The fourth-order valence-corrected chi connectivity index (χ4v) is 5.93. The van der Waals surface area contributed by atoms with E-state index in [9.17, 15) is 19.6 Å². The average molecular weight is 505 g/mol. The molecule has 2 rings (SSSR count). The Hall–Kier alpha value is 0.0600. The van der Waals surface area contributed by atoms with Gasteiger partial charge in [0.25, 0.3) is 0 Å². The molecule has 1 amide bonds. The predicted molar refractivity (Wildman–Crippen MR) is 118 cm³/mol. The van der Waals surface area contributed by atoms with E-state index in [1.807, 2.05) is 11.9 Å². The molecule has 182 valence electrons. The van der Waals surface area contributed by atoms with Crippen molar-refractivity contribution in [3.8, 4) is 0 Å². The van der Waals surface area contributed by atoms with Crippen molar-refractivity contribution >= 4 is 37.1 Å². The van der Waals surface area contributed by atoms with Crippen molar-refractivity contribution < 1.29 is 38.6 Å². The van der Waals surface area contributed by atoms with E-state index in [1.54, 1.807) is 13.2 Å². The number of thioether (sulfide) groups is 1. The van der Waals surface area contributed by atoms with Gasteiger partial charge in [0.2, 0.25) is 5.91 Å². The molecule has 0 aromatic heterocycles. The number of aliphatic hydroxyl groups excluding tert-OH is 2. The quantitative estimate of drug-likeness (QED) is 0.222. The Morgan fingerprint density at radius 1 is 1.39 bits per heavy atom. The van der Waals surface area contributed by atoms with E-state index >= 15 is 0 Å². The first-order valence-corrected chi connectivity index (χ1v) is 13.6. The van der Waals surface area contributed by atoms with Gasteiger partial charge in [0.05, 0.1) is 17.5 Å². The van der Waals surface area contributed by atoms with Crippen LogP contribution in [0.4, 0.5) is 0 Å². The monoisotopic (exact) mass is 504 g/mol. The molecule has 2 heterocycles. The number of hydrogen-bond acceptors (Lipinski definition) is 8. The van der Waals surface area contributed by atoms with Crippen LogP contribution < -0.4 is 5.32 Å². The van der Waals surface area contributed by atoms with Crippen LogP contribution in [0.5, 0.6) is 0 Å². The predicted octanol–water partition coefficient (Wildman–Crippen LogP) is 0.506. The maximum atomic E-state index is 13.0. The highest BCUT2D eigenvalue weighted by atomic mass is 35.5. The Labute approximate surface area is 192 Å². The lowest BCUT2D eigenvalue weighted by Crippen LogP contribution is -2.65. The maximum Gasteiger partial charge on any atom is 0.470 e. The molecule has 2 saturated heterocycles. The van der Waals surface area contributed by atoms with Gasteiger partial charge in [-0.25, -0.2) is 4.57 Å². The van der Waals surface area contributed by atoms with Gasteiger partial charge in [0.15, 0.2) is 0 Å². The molecule has 0 bridgehead atoms. The van der Waals surface area contributed by atoms with Crippen molar-refractivity contribution in [3.05, 3.63) is 0 Å². The van der Waals surface area contributed by atoms with E-state index in [4.69, 9.17) is 26.1 Å². The van der Waals surface area contributed by atoms with E-state index in [2.05, 4.69) is 16.8 Å². The Bertz CT molecular complexity index is 654. The minimum absolute atomic E-state index is 0.238. The summed E-state index contributed by atoms with van der Waals surface area (Å²) in [6, 6.07) is -1.18. The Balaban J connectivity index is 2.15. The van der Waals surface area contributed by atoms with E-state index < -0.39 is 49.1 Å². The molecule has 0 aromatic rings. The molecule has 9 atom stereocenters. The van der Waals surface area contributed by atoms with Crippen LogP contribution in [0.25, 0.3) is 0 Å². The van der Waals surface area contributed by atoms with Crippen LogP contribution in [0.2, 0.25) is 0 Å². The number of likely N-dealkylation sites (tertiary alicyclic amines) is 1. The summed E-state index contributed by atoms with van der Waals surface area (Å²) >= 11 is 7.38. The fraction of sp³-hybridized carbons (Fsp3) is 0.944. The van der Waals surface area contributed by atoms with E-state index in [0.29, 0.717) is 5.92 Å². The average Bonchev–Trinajstić information content (AvgIpc) is 3.03. The molecule has 0 radical (unpaired) electrons. The Kier molecular flexibility index (Phi) is 10.1. The van der Waals surface area contributed by atoms with Gasteiger partial charge < -0.3 is 30.1 Å². The maximum absolute atomic E-state index is 13.0. The molecule has 2 aliphatic heterocycles. The zero-order chi connectivity index (χ0) is 23.5. The van der Waals surface area contributed by atoms with Crippen molar-refractivity contribution in [2.45, 2.75) is 80.4 Å². The van der Waals surface area contributed by atoms with Gasteiger partial charge >= 0.3 is 7.82 Å². The number of alkyl halides is 1. The number of amides is 1. The summed E-state index contributed by atoms with van der Waals surface area (Å²) in [4.78, 5) is 33.3. The zero-order valence-corrected chi connectivity index (χ0v) is 20.6. The summed E-state index contributed by atoms with van der Waals surface area (Å²) in [5.41, 5.74) is -0.992. The molecule has 2 aliphatic rings. The van der Waals surface area contributed by atoms with Crippen molar-refractivity contribution in [2.75, 3.05) is 19.8 Å². The summed E-state index contributed by atoms with van der Waals surface area (Å²) in [5, 5.41) is 23.4. The molecule has 2 unspecified atom stereocenters. The molecule has 0 aliphatic carbocycles. The molecule has 10 nitrogen and oxygen atoms in total. The van der Waals surface area contributed by atoms with Crippen LogP contribution in [-0.4, -0.2) is 98.0 Å². The summed E-state index contributed by atoms with van der Waals surface area (Å²) in [6.07, 6.45) is -1.37. The van der Waals surface area contributed by atoms with Gasteiger partial charge in [-0.05, 0) is 39.0 Å². The van der Waals surface area contributed by atoms with Crippen molar-refractivity contribution in [1.29, 1.82) is 0 Å². The topological polar surface area (TPSA) is 149 Å². The molecular formula is C18H34ClN2O8PS. The van der Waals surface area contributed by atoms with Crippen molar-refractivity contribution in [1.82, 2.24) is 10.2 Å². The Morgan fingerprint density at radius 2 is 2.03 bits per heavy atom. The number of carbonyl (C=O) groups is 1. The van der Waals surface area contributed by atoms with E-state index in [1.165, 1.54) is 0 Å². The molecular weight excluding hydrogens is 471 g/mol. The zero-order valence-electron chi connectivity index (χ0n) is 18.1. The first kappa shape index (κ1) is 27.3. The highest BCUT2D eigenvalue weighted by Gasteiger charge is 2.51. The minimum atomic E-state index is -4.93. The summed E-state index contributed by atoms with van der Waals surface area (Å²) in [7, 11) is -3.04. The largest absolute Gasteiger partial charge is 0.470 e. The number of halogens is 1. The number of rotatable bonds is 9. The van der Waals surface area contributed by atoms with Crippen LogP contribution in [0.3, 0.4) is 0 Å². The molecule has 0 saturated carbocycles. The van der Waals surface area contributed by atoms with Gasteiger partial charge in [-0.3, -0.25) is 14.2 Å². The number of nitrogens with zero attached hydrogens (tertiary/aromatic N) is 1. The third kappa shape index (κ3) is 7.02. The summed E-state index contributed by atoms with van der Waals surface area (Å²) in [5.74, 6) is 0.195. The van der Waals surface area contributed by atoms with Gasteiger partial charge in [0.1, 0.15) is 29.9 Å². The van der Waals surface area contributed by atoms with E-state index in [-0.39, 0.29) is 11.9 Å². The number of hydrogen-bond donors (Lipinski definition) is 5. The number of aliphatic hydroxyl groups is 2. The molecule has 5 N–H and O–H groups in total. The van der Waals surface area contributed by atoms with Crippen molar-refractivity contribution in [3.63, 3.8) is 0 Å². The smallest absolute Gasteiger partial charge is 0.388 e. The van der Waals surface area contributed by atoms with Gasteiger partial charge in [-0.15, -0.1) is 23.4 Å². The molecule has 0 aromatic carbocycles. The molecule has 13 heteroatoms. The highest BCUT2D eigenvalue weighted by molar-refractivity contribution is 7.99. The molecule has 31 heavy (non-hydrogen) atoms. The second kappa shape index (κ2) is 11.5. The molecule has 2 fully saturated rings. The number of nitrogens with one attached hydrogen (secondary N) is 1. The lowest BCUT2D eigenvalue weighted by molar-refractivity contribution is -0.201. The lowest BCUT2D eigenvalue weighted by Gasteiger charge is -2.45. The number of carbonyl (C=O) groups excluding carboxylic acids is 1. The third-order valence-corrected chi connectivity index (χ3v) is 7.50. The number of phosphoric acid groups is 1. The second-order valence-corrected chi connectivity index (χ2v) is 11.1. The van der Waals surface area contributed by atoms with Crippen LogP contribution in [0.15, 0.2) is 0 Å². The second-order valence-electron chi connectivity index (χ2n) is 8.30. The standard InChI is InChI=1S/C18H34ClN2O8PS/c1-5-6-10-7-11(21(3)8-10)17(24)20-12(9(2)19)15-13(22)14(23)16(18(28-15)31-4)29-30(25,26)27/h9-16,18,22-23H,5-8H2,1-4H3,(H,20,24)(H2,25,26,27)/t9-,10-,11+,12+,13+,14?,15+,16?,18+/m0/s1. The third-order valence-electron chi connectivity index (χ3n) is 5.87. The lowest BCUT2D eigenvalue weighted by atomic mass is 9.92. The normalized spacial score (nSPS) is 36.9. The van der Waals surface area contributed by atoms with Crippen molar-refractivity contribution in [2.24, 2.45) is 5.92 Å². The highest BCUT2D eigenvalue weighted by Crippen LogP contribution is 2.43. The van der Waals surface area contributed by atoms with Crippen LogP contribution >= 0.6 is 31.2 Å². The van der Waals surface area contributed by atoms with Crippen LogP contribution in [0, 0.1) is 5.92 Å². The van der Waals surface area contributed by atoms with Gasteiger partial charge in [-0.1, -0.05) is 13.3 Å². The van der Waals surface area contributed by atoms with Crippen LogP contribution in [0.1, 0.15) is 33.1 Å². The van der Waals surface area contributed by atoms with Gasteiger partial charge in [0, 0.05) is 6.54 Å². The number of ether oxygens (including phenoxy) is 1. The molecule has 0 spiro atoms. The number of likely N-dealkylation sites (N-methyl/N-ethyl adjacent to an activating group) is 1. The number of phosphoric ester groups is 1. The van der Waals surface area contributed by atoms with Gasteiger partial charge in [-0.2, -0.15) is 0 Å². The van der Waals surface area contributed by atoms with Crippen LogP contribution in [-0.2, 0) is 18.6 Å². The fourth-order valence-electron chi connectivity index (χ4n) is 4.37. The minimum Gasteiger partial charge on any atom is -0.388 e. The van der Waals surface area contributed by atoms with E-state index in [0.717, 1.165) is 37.6 Å². The first-order chi connectivity index (χ1) is 14.4.